The number of carbonyl (C=O) groups is 1. The van der Waals surface area contributed by atoms with E-state index >= 15 is 0 Å². The molecule has 22 heavy (non-hydrogen) atoms. The molecule has 0 aliphatic carbocycles. The van der Waals surface area contributed by atoms with Crippen molar-refractivity contribution in [2.45, 2.75) is 0 Å². The maximum absolute atomic E-state index is 12.4. The van der Waals surface area contributed by atoms with Crippen LogP contribution in [0, 0.1) is 0 Å². The molecule has 0 atom stereocenters. The van der Waals surface area contributed by atoms with Gasteiger partial charge < -0.3 is 14.3 Å². The van der Waals surface area contributed by atoms with E-state index in [1.165, 1.54) is 13.4 Å². The van der Waals surface area contributed by atoms with E-state index in [-0.39, 0.29) is 5.76 Å². The third-order valence-corrected chi connectivity index (χ3v) is 3.38. The van der Waals surface area contributed by atoms with Gasteiger partial charge >= 0.3 is 0 Å². The van der Waals surface area contributed by atoms with E-state index in [4.69, 9.17) is 9.15 Å². The van der Waals surface area contributed by atoms with Crippen molar-refractivity contribution in [3.8, 4) is 5.75 Å². The Kier molecular flexibility index (Phi) is 3.66. The topological polar surface area (TPSA) is 62.5 Å². The van der Waals surface area contributed by atoms with Crippen molar-refractivity contribution in [1.82, 2.24) is 0 Å². The molecule has 1 heterocycles. The fraction of sp³-hybridized carbons (Fsp3) is 0.0556. The highest BCUT2D eigenvalue weighted by molar-refractivity contribution is 6.12. The molecule has 0 fully saturated rings. The van der Waals surface area contributed by atoms with Crippen molar-refractivity contribution >= 4 is 22.5 Å². The Hall–Kier alpha value is -3.01. The fourth-order valence-corrected chi connectivity index (χ4v) is 2.31. The van der Waals surface area contributed by atoms with Gasteiger partial charge in [-0.15, -0.1) is 0 Å². The third-order valence-electron chi connectivity index (χ3n) is 3.38. The molecule has 0 unspecified atom stereocenters. The molecule has 0 saturated heterocycles. The van der Waals surface area contributed by atoms with Gasteiger partial charge in [0.1, 0.15) is 11.3 Å². The Balaban J connectivity index is 2.02. The van der Waals surface area contributed by atoms with E-state index in [2.05, 4.69) is 0 Å². The predicted octanol–water partition coefficient (Wildman–Crippen LogP) is 3.03. The minimum absolute atomic E-state index is 0.333. The summed E-state index contributed by atoms with van der Waals surface area (Å²) in [7, 11) is 1.48. The molecule has 110 valence electrons. The fourth-order valence-electron chi connectivity index (χ4n) is 2.31. The van der Waals surface area contributed by atoms with Gasteiger partial charge in [-0.25, -0.2) is 0 Å². The smallest absolute Gasteiger partial charge is 0.188 e. The number of methoxy groups -OCH3 is 1. The zero-order valence-corrected chi connectivity index (χ0v) is 11.9. The molecule has 0 spiro atoms. The second kappa shape index (κ2) is 5.77. The van der Waals surface area contributed by atoms with Gasteiger partial charge in [0, 0.05) is 0 Å². The lowest BCUT2D eigenvalue weighted by Crippen LogP contribution is -2.07. The van der Waals surface area contributed by atoms with Gasteiger partial charge in [0.25, 0.3) is 0 Å². The molecule has 4 heteroatoms. The van der Waals surface area contributed by atoms with E-state index in [1.807, 2.05) is 6.07 Å². The first-order valence-corrected chi connectivity index (χ1v) is 6.73. The minimum atomic E-state index is -0.395. The van der Waals surface area contributed by atoms with Crippen LogP contribution in [0.3, 0.4) is 0 Å². The van der Waals surface area contributed by atoms with E-state index in [0.29, 0.717) is 27.8 Å². The predicted molar refractivity (Wildman–Crippen MR) is 81.5 cm³/mol. The number of fused-ring (bicyclic) bond motifs is 1. The average Bonchev–Trinajstić information content (AvgIpc) is 3.03. The maximum Gasteiger partial charge on any atom is 0.188 e. The second-order valence-corrected chi connectivity index (χ2v) is 4.72. The molecule has 0 aliphatic heterocycles. The summed E-state index contributed by atoms with van der Waals surface area (Å²) in [6, 6.07) is 13.7. The Morgan fingerprint density at radius 2 is 1.91 bits per heavy atom. The molecular formula is C18H13O4-. The molecular weight excluding hydrogens is 280 g/mol. The maximum atomic E-state index is 12.4. The molecule has 4 nitrogen and oxygen atoms in total. The van der Waals surface area contributed by atoms with Crippen LogP contribution in [0.4, 0.5) is 0 Å². The molecule has 1 aromatic heterocycles. The van der Waals surface area contributed by atoms with Crippen LogP contribution < -0.4 is 9.84 Å². The van der Waals surface area contributed by atoms with Crippen molar-refractivity contribution in [2.75, 3.05) is 7.11 Å². The number of rotatable bonds is 4. The summed E-state index contributed by atoms with van der Waals surface area (Å²) in [5.41, 5.74) is 1.43. The van der Waals surface area contributed by atoms with E-state index in [0.717, 1.165) is 6.08 Å². The van der Waals surface area contributed by atoms with Crippen molar-refractivity contribution in [1.29, 1.82) is 0 Å². The van der Waals surface area contributed by atoms with Gasteiger partial charge in [-0.05, 0) is 29.8 Å². The molecule has 0 N–H and O–H groups in total. The largest absolute Gasteiger partial charge is 0.872 e. The van der Waals surface area contributed by atoms with Crippen molar-refractivity contribution < 1.29 is 19.1 Å². The van der Waals surface area contributed by atoms with Crippen LogP contribution in [-0.2, 0) is 0 Å². The minimum Gasteiger partial charge on any atom is -0.872 e. The van der Waals surface area contributed by atoms with Gasteiger partial charge in [-0.1, -0.05) is 36.1 Å². The molecule has 0 radical (unpaired) electrons. The molecule has 3 rings (SSSR count). The molecule has 0 aliphatic rings. The Bertz CT molecular complexity index is 844. The number of ketones is 1. The molecule has 3 aromatic rings. The van der Waals surface area contributed by atoms with Crippen LogP contribution in [0.2, 0.25) is 0 Å². The molecule has 2 aromatic carbocycles. The zero-order valence-electron chi connectivity index (χ0n) is 11.9. The summed E-state index contributed by atoms with van der Waals surface area (Å²) in [6.07, 6.45) is 2.61. The number of allylic oxidation sites excluding steroid dienone is 1. The first kappa shape index (κ1) is 13.9. The summed E-state index contributed by atoms with van der Waals surface area (Å²) >= 11 is 0. The van der Waals surface area contributed by atoms with Crippen LogP contribution in [0.5, 0.6) is 5.75 Å². The third kappa shape index (κ3) is 2.46. The Labute approximate surface area is 127 Å². The summed E-state index contributed by atoms with van der Waals surface area (Å²) in [5, 5.41) is 12.8. The number of hydrogen-bond acceptors (Lipinski definition) is 4. The number of furan rings is 1. The van der Waals surface area contributed by atoms with Gasteiger partial charge in [0.05, 0.1) is 24.3 Å². The number of carbonyl (C=O) groups excluding carboxylic acids is 1. The van der Waals surface area contributed by atoms with Crippen LogP contribution in [0.1, 0.15) is 15.9 Å². The van der Waals surface area contributed by atoms with Crippen molar-refractivity contribution in [3.05, 3.63) is 72.0 Å². The standard InChI is InChI=1S/C18H14O4/c1-21-18-13(7-8-17-14(18)9-10-22-17)16(20)11-15(19)12-5-3-2-4-6-12/h2-11,19H,1H3/p-1/b15-11-. The number of hydrogen-bond donors (Lipinski definition) is 0. The highest BCUT2D eigenvalue weighted by Gasteiger charge is 2.14. The monoisotopic (exact) mass is 293 g/mol. The van der Waals surface area contributed by atoms with Crippen LogP contribution in [0.15, 0.2) is 65.3 Å². The van der Waals surface area contributed by atoms with Crippen molar-refractivity contribution in [3.63, 3.8) is 0 Å². The lowest BCUT2D eigenvalue weighted by Gasteiger charge is -2.12. The van der Waals surface area contributed by atoms with E-state index in [1.54, 1.807) is 42.5 Å². The van der Waals surface area contributed by atoms with E-state index < -0.39 is 5.78 Å². The number of benzene rings is 2. The molecule has 0 bridgehead atoms. The summed E-state index contributed by atoms with van der Waals surface area (Å²) in [5.74, 6) is -0.317. The summed E-state index contributed by atoms with van der Waals surface area (Å²) in [4.78, 5) is 12.4. The van der Waals surface area contributed by atoms with Crippen LogP contribution in [0.25, 0.3) is 16.7 Å². The summed E-state index contributed by atoms with van der Waals surface area (Å²) < 4.78 is 10.6. The zero-order chi connectivity index (χ0) is 15.5. The number of ether oxygens (including phenoxy) is 1. The Morgan fingerprint density at radius 1 is 1.14 bits per heavy atom. The quantitative estimate of drug-likeness (QED) is 0.421. The van der Waals surface area contributed by atoms with Crippen LogP contribution >= 0.6 is 0 Å². The van der Waals surface area contributed by atoms with Gasteiger partial charge in [-0.2, -0.15) is 0 Å². The second-order valence-electron chi connectivity index (χ2n) is 4.72. The first-order chi connectivity index (χ1) is 10.7. The first-order valence-electron chi connectivity index (χ1n) is 6.73. The molecule has 0 amide bonds. The van der Waals surface area contributed by atoms with E-state index in [9.17, 15) is 9.90 Å². The highest BCUT2D eigenvalue weighted by Crippen LogP contribution is 2.31. The SMILES string of the molecule is COc1c(C(=O)/C=C(\[O-])c2ccccc2)ccc2occc12. The molecule has 0 saturated carbocycles. The van der Waals surface area contributed by atoms with Gasteiger partial charge in [-0.3, -0.25) is 4.79 Å². The summed E-state index contributed by atoms with van der Waals surface area (Å²) in [6.45, 7) is 0. The highest BCUT2D eigenvalue weighted by atomic mass is 16.5. The average molecular weight is 293 g/mol. The Morgan fingerprint density at radius 3 is 2.64 bits per heavy atom. The van der Waals surface area contributed by atoms with Gasteiger partial charge in [0.2, 0.25) is 0 Å². The normalized spacial score (nSPS) is 11.6. The van der Waals surface area contributed by atoms with Gasteiger partial charge in [0.15, 0.2) is 5.78 Å². The lowest BCUT2D eigenvalue weighted by atomic mass is 10.0. The van der Waals surface area contributed by atoms with Crippen LogP contribution in [-0.4, -0.2) is 12.9 Å². The lowest BCUT2D eigenvalue weighted by molar-refractivity contribution is -0.243. The van der Waals surface area contributed by atoms with Crippen molar-refractivity contribution in [2.24, 2.45) is 0 Å².